The Morgan fingerprint density at radius 3 is 2.75 bits per heavy atom. The van der Waals surface area contributed by atoms with Gasteiger partial charge in [0, 0.05) is 0 Å². The molecule has 0 aliphatic rings. The molecule has 4 nitrogen and oxygen atoms in total. The van der Waals surface area contributed by atoms with Crippen LogP contribution in [0.1, 0.15) is 17.5 Å². The number of benzene rings is 1. The molecule has 0 aliphatic heterocycles. The second-order valence-corrected chi connectivity index (χ2v) is 3.54. The van der Waals surface area contributed by atoms with Crippen LogP contribution in [0.4, 0.5) is 5.69 Å². The van der Waals surface area contributed by atoms with Crippen LogP contribution in [0.5, 0.6) is 5.75 Å². The maximum atomic E-state index is 11.3. The summed E-state index contributed by atoms with van der Waals surface area (Å²) in [6.07, 6.45) is -0.156. The van der Waals surface area contributed by atoms with Gasteiger partial charge >= 0.3 is 0 Å². The molecule has 0 aromatic heterocycles. The van der Waals surface area contributed by atoms with E-state index in [1.807, 2.05) is 26.0 Å². The van der Waals surface area contributed by atoms with Gasteiger partial charge in [-0.1, -0.05) is 6.07 Å². The van der Waals surface area contributed by atoms with Crippen molar-refractivity contribution >= 4 is 11.6 Å². The van der Waals surface area contributed by atoms with Crippen molar-refractivity contribution < 1.29 is 9.53 Å². The van der Waals surface area contributed by atoms with Crippen LogP contribution in [0.2, 0.25) is 0 Å². The highest BCUT2D eigenvalue weighted by Gasteiger charge is 2.10. The summed E-state index contributed by atoms with van der Waals surface area (Å²) in [5.41, 5.74) is 2.61. The summed E-state index contributed by atoms with van der Waals surface area (Å²) in [6.45, 7) is 3.84. The van der Waals surface area contributed by atoms with E-state index in [2.05, 4.69) is 5.32 Å². The molecule has 0 aliphatic carbocycles. The minimum atomic E-state index is -0.326. The first-order valence-corrected chi connectivity index (χ1v) is 4.90. The highest BCUT2D eigenvalue weighted by molar-refractivity contribution is 5.94. The SMILES string of the molecule is COc1cc(C)cc(C)c1NC(=O)CC#N. The monoisotopic (exact) mass is 218 g/mol. The predicted octanol–water partition coefficient (Wildman–Crippen LogP) is 2.16. The third-order valence-electron chi connectivity index (χ3n) is 2.17. The smallest absolute Gasteiger partial charge is 0.238 e. The minimum absolute atomic E-state index is 0.156. The molecule has 0 saturated carbocycles. The van der Waals surface area contributed by atoms with Crippen molar-refractivity contribution in [1.29, 1.82) is 5.26 Å². The van der Waals surface area contributed by atoms with Gasteiger partial charge in [-0.25, -0.2) is 0 Å². The number of nitrogens with zero attached hydrogens (tertiary/aromatic N) is 1. The Labute approximate surface area is 94.8 Å². The van der Waals surface area contributed by atoms with Gasteiger partial charge in [-0.2, -0.15) is 5.26 Å². The van der Waals surface area contributed by atoms with Crippen LogP contribution in [0.25, 0.3) is 0 Å². The Kier molecular flexibility index (Phi) is 3.90. The number of nitrogens with one attached hydrogen (secondary N) is 1. The summed E-state index contributed by atoms with van der Waals surface area (Å²) >= 11 is 0. The highest BCUT2D eigenvalue weighted by Crippen LogP contribution is 2.29. The van der Waals surface area contributed by atoms with Crippen LogP contribution in [0, 0.1) is 25.2 Å². The van der Waals surface area contributed by atoms with E-state index in [-0.39, 0.29) is 12.3 Å². The second kappa shape index (κ2) is 5.17. The maximum Gasteiger partial charge on any atom is 0.238 e. The quantitative estimate of drug-likeness (QED) is 0.845. The third-order valence-corrected chi connectivity index (χ3v) is 2.17. The summed E-state index contributed by atoms with van der Waals surface area (Å²) in [6, 6.07) is 5.59. The van der Waals surface area contributed by atoms with Crippen LogP contribution >= 0.6 is 0 Å². The van der Waals surface area contributed by atoms with Crippen molar-refractivity contribution in [3.8, 4) is 11.8 Å². The maximum absolute atomic E-state index is 11.3. The number of hydrogen-bond acceptors (Lipinski definition) is 3. The third kappa shape index (κ3) is 2.74. The average molecular weight is 218 g/mol. The summed E-state index contributed by atoms with van der Waals surface area (Å²) in [5, 5.41) is 11.1. The van der Waals surface area contributed by atoms with Crippen molar-refractivity contribution in [1.82, 2.24) is 0 Å². The number of methoxy groups -OCH3 is 1. The van der Waals surface area contributed by atoms with Gasteiger partial charge in [0.1, 0.15) is 12.2 Å². The number of nitriles is 1. The van der Waals surface area contributed by atoms with E-state index in [0.29, 0.717) is 11.4 Å². The van der Waals surface area contributed by atoms with Crippen LogP contribution < -0.4 is 10.1 Å². The lowest BCUT2D eigenvalue weighted by Crippen LogP contribution is -2.12. The molecule has 16 heavy (non-hydrogen) atoms. The van der Waals surface area contributed by atoms with Gasteiger partial charge in [0.05, 0.1) is 18.9 Å². The minimum Gasteiger partial charge on any atom is -0.495 e. The molecule has 0 saturated heterocycles. The van der Waals surface area contributed by atoms with Gasteiger partial charge in [-0.05, 0) is 31.0 Å². The largest absolute Gasteiger partial charge is 0.495 e. The first kappa shape index (κ1) is 12.1. The van der Waals surface area contributed by atoms with E-state index in [1.54, 1.807) is 13.2 Å². The Hall–Kier alpha value is -2.02. The van der Waals surface area contributed by atoms with Gasteiger partial charge in [0.15, 0.2) is 0 Å². The van der Waals surface area contributed by atoms with Crippen molar-refractivity contribution in [2.75, 3.05) is 12.4 Å². The normalized spacial score (nSPS) is 9.38. The fraction of sp³-hybridized carbons (Fsp3) is 0.333. The molecule has 0 fully saturated rings. The Balaban J connectivity index is 3.03. The molecule has 1 rings (SSSR count). The molecule has 4 heteroatoms. The lowest BCUT2D eigenvalue weighted by atomic mass is 10.1. The number of rotatable bonds is 3. The zero-order valence-electron chi connectivity index (χ0n) is 9.63. The Bertz CT molecular complexity index is 447. The van der Waals surface area contributed by atoms with Crippen molar-refractivity contribution in [2.45, 2.75) is 20.3 Å². The average Bonchev–Trinajstić information content (AvgIpc) is 2.22. The van der Waals surface area contributed by atoms with Crippen LogP contribution in [0.3, 0.4) is 0 Å². The summed E-state index contributed by atoms with van der Waals surface area (Å²) < 4.78 is 5.19. The first-order valence-electron chi connectivity index (χ1n) is 4.90. The molecule has 0 atom stereocenters. The molecule has 1 aromatic rings. The predicted molar refractivity (Wildman–Crippen MR) is 61.3 cm³/mol. The van der Waals surface area contributed by atoms with Gasteiger partial charge in [0.25, 0.3) is 0 Å². The van der Waals surface area contributed by atoms with Gasteiger partial charge in [-0.3, -0.25) is 4.79 Å². The zero-order valence-corrected chi connectivity index (χ0v) is 9.63. The summed E-state index contributed by atoms with van der Waals surface area (Å²) in [5.74, 6) is 0.288. The van der Waals surface area contributed by atoms with Crippen molar-refractivity contribution in [2.24, 2.45) is 0 Å². The first-order chi connectivity index (χ1) is 7.58. The molecule has 1 amide bonds. The fourth-order valence-corrected chi connectivity index (χ4v) is 1.51. The van der Waals surface area contributed by atoms with Crippen molar-refractivity contribution in [3.05, 3.63) is 23.3 Å². The van der Waals surface area contributed by atoms with Crippen LogP contribution in [-0.4, -0.2) is 13.0 Å². The molecule has 0 heterocycles. The number of hydrogen-bond donors (Lipinski definition) is 1. The lowest BCUT2D eigenvalue weighted by Gasteiger charge is -2.13. The number of aryl methyl sites for hydroxylation is 2. The number of amides is 1. The summed E-state index contributed by atoms with van der Waals surface area (Å²) in [7, 11) is 1.55. The zero-order chi connectivity index (χ0) is 12.1. The van der Waals surface area contributed by atoms with E-state index in [4.69, 9.17) is 10.00 Å². The van der Waals surface area contributed by atoms with Gasteiger partial charge in [-0.15, -0.1) is 0 Å². The number of carbonyl (C=O) groups is 1. The van der Waals surface area contributed by atoms with E-state index in [1.165, 1.54) is 0 Å². The van der Waals surface area contributed by atoms with E-state index >= 15 is 0 Å². The fourth-order valence-electron chi connectivity index (χ4n) is 1.51. The summed E-state index contributed by atoms with van der Waals surface area (Å²) in [4.78, 5) is 11.3. The number of ether oxygens (including phenoxy) is 1. The molecule has 0 spiro atoms. The van der Waals surface area contributed by atoms with Crippen LogP contribution in [-0.2, 0) is 4.79 Å². The van der Waals surface area contributed by atoms with Gasteiger partial charge < -0.3 is 10.1 Å². The molecule has 1 N–H and O–H groups in total. The van der Waals surface area contributed by atoms with Gasteiger partial charge in [0.2, 0.25) is 5.91 Å². The Morgan fingerprint density at radius 2 is 2.19 bits per heavy atom. The highest BCUT2D eigenvalue weighted by atomic mass is 16.5. The standard InChI is InChI=1S/C12H14N2O2/c1-8-6-9(2)12(10(7-8)16-3)14-11(15)4-5-13/h6-7H,4H2,1-3H3,(H,14,15). The molecular weight excluding hydrogens is 204 g/mol. The lowest BCUT2D eigenvalue weighted by molar-refractivity contribution is -0.115. The number of anilines is 1. The molecule has 0 bridgehead atoms. The second-order valence-electron chi connectivity index (χ2n) is 3.54. The van der Waals surface area contributed by atoms with E-state index < -0.39 is 0 Å². The Morgan fingerprint density at radius 1 is 1.50 bits per heavy atom. The van der Waals surface area contributed by atoms with E-state index in [9.17, 15) is 4.79 Å². The van der Waals surface area contributed by atoms with Crippen molar-refractivity contribution in [3.63, 3.8) is 0 Å². The molecule has 0 radical (unpaired) electrons. The van der Waals surface area contributed by atoms with E-state index in [0.717, 1.165) is 11.1 Å². The molecule has 84 valence electrons. The topological polar surface area (TPSA) is 62.1 Å². The molecular formula is C12H14N2O2. The number of carbonyl (C=O) groups excluding carboxylic acids is 1. The van der Waals surface area contributed by atoms with Crippen LogP contribution in [0.15, 0.2) is 12.1 Å². The molecule has 1 aromatic carbocycles. The molecule has 0 unspecified atom stereocenters.